The van der Waals surface area contributed by atoms with Crippen LogP contribution in [0, 0.1) is 0 Å². The number of para-hydroxylation sites is 1. The molecule has 18 heavy (non-hydrogen) atoms. The van der Waals surface area contributed by atoms with E-state index in [2.05, 4.69) is 10.2 Å². The summed E-state index contributed by atoms with van der Waals surface area (Å²) in [6.07, 6.45) is 3.77. The smallest absolute Gasteiger partial charge is 0.256 e. The lowest BCUT2D eigenvalue weighted by molar-refractivity contribution is 0.0709. The number of nitrogens with one attached hydrogen (secondary N) is 1. The Morgan fingerprint density at radius 1 is 1.50 bits per heavy atom. The third-order valence-electron chi connectivity index (χ3n) is 3.30. The fraction of sp³-hybridized carbons (Fsp3) is 0.385. The van der Waals surface area contributed by atoms with E-state index in [1.165, 1.54) is 0 Å². The van der Waals surface area contributed by atoms with Crippen LogP contribution < -0.4 is 0 Å². The third kappa shape index (κ3) is 1.86. The minimum absolute atomic E-state index is 0.00118. The fourth-order valence-corrected chi connectivity index (χ4v) is 2.25. The number of aliphatic hydroxyl groups is 1. The molecule has 0 unspecified atom stereocenters. The van der Waals surface area contributed by atoms with E-state index in [-0.39, 0.29) is 12.5 Å². The lowest BCUT2D eigenvalue weighted by atomic mass is 10.1. The molecule has 1 amide bonds. The third-order valence-corrected chi connectivity index (χ3v) is 3.30. The average Bonchev–Trinajstić information content (AvgIpc) is 3.11. The van der Waals surface area contributed by atoms with Crippen molar-refractivity contribution in [1.82, 2.24) is 15.1 Å². The van der Waals surface area contributed by atoms with Gasteiger partial charge in [0, 0.05) is 18.0 Å². The normalized spacial score (nSPS) is 14.9. The van der Waals surface area contributed by atoms with E-state index in [4.69, 9.17) is 5.11 Å². The molecule has 1 fully saturated rings. The van der Waals surface area contributed by atoms with Gasteiger partial charge in [-0.3, -0.25) is 9.89 Å². The van der Waals surface area contributed by atoms with Gasteiger partial charge in [0.1, 0.15) is 0 Å². The minimum Gasteiger partial charge on any atom is -0.395 e. The largest absolute Gasteiger partial charge is 0.395 e. The standard InChI is InChI=1S/C13H15N3O2/c17-7-6-16(10-4-5-10)13(18)11-3-1-2-9-8-14-15-12(9)11/h1-3,8,10,17H,4-7H2,(H,14,15). The molecular weight excluding hydrogens is 230 g/mol. The number of benzene rings is 1. The maximum atomic E-state index is 12.5. The quantitative estimate of drug-likeness (QED) is 0.849. The molecule has 94 valence electrons. The van der Waals surface area contributed by atoms with Gasteiger partial charge in [-0.05, 0) is 18.9 Å². The second kappa shape index (κ2) is 4.42. The van der Waals surface area contributed by atoms with Crippen LogP contribution in [-0.2, 0) is 0 Å². The first kappa shape index (κ1) is 11.2. The van der Waals surface area contributed by atoms with Crippen LogP contribution in [0.1, 0.15) is 23.2 Å². The number of carbonyl (C=O) groups is 1. The van der Waals surface area contributed by atoms with Crippen molar-refractivity contribution in [2.45, 2.75) is 18.9 Å². The topological polar surface area (TPSA) is 69.2 Å². The Kier molecular flexibility index (Phi) is 2.76. The number of fused-ring (bicyclic) bond motifs is 1. The molecule has 0 spiro atoms. The number of aromatic nitrogens is 2. The second-order valence-corrected chi connectivity index (χ2v) is 4.59. The number of aromatic amines is 1. The van der Waals surface area contributed by atoms with Gasteiger partial charge in [-0.1, -0.05) is 12.1 Å². The number of carbonyl (C=O) groups excluding carboxylic acids is 1. The van der Waals surface area contributed by atoms with Crippen molar-refractivity contribution in [3.63, 3.8) is 0 Å². The van der Waals surface area contributed by atoms with E-state index in [1.807, 2.05) is 12.1 Å². The molecule has 0 aliphatic heterocycles. The van der Waals surface area contributed by atoms with Gasteiger partial charge in [0.25, 0.3) is 5.91 Å². The molecule has 0 radical (unpaired) electrons. The van der Waals surface area contributed by atoms with Crippen molar-refractivity contribution >= 4 is 16.8 Å². The highest BCUT2D eigenvalue weighted by Crippen LogP contribution is 2.29. The van der Waals surface area contributed by atoms with Gasteiger partial charge < -0.3 is 10.0 Å². The summed E-state index contributed by atoms with van der Waals surface area (Å²) >= 11 is 0. The molecule has 1 aliphatic rings. The predicted octanol–water partition coefficient (Wildman–Crippen LogP) is 1.16. The molecule has 0 saturated heterocycles. The summed E-state index contributed by atoms with van der Waals surface area (Å²) in [5, 5.41) is 16.8. The summed E-state index contributed by atoms with van der Waals surface area (Å²) in [6.45, 7) is 0.398. The fourth-order valence-electron chi connectivity index (χ4n) is 2.25. The zero-order valence-corrected chi connectivity index (χ0v) is 9.97. The van der Waals surface area contributed by atoms with Crippen LogP contribution in [0.5, 0.6) is 0 Å². The van der Waals surface area contributed by atoms with E-state index in [0.717, 1.165) is 23.7 Å². The number of nitrogens with zero attached hydrogens (tertiary/aromatic N) is 2. The van der Waals surface area contributed by atoms with Crippen molar-refractivity contribution in [2.24, 2.45) is 0 Å². The first-order valence-corrected chi connectivity index (χ1v) is 6.15. The van der Waals surface area contributed by atoms with Crippen molar-refractivity contribution in [3.05, 3.63) is 30.0 Å². The Morgan fingerprint density at radius 2 is 2.33 bits per heavy atom. The Balaban J connectivity index is 1.97. The summed E-state index contributed by atoms with van der Waals surface area (Å²) in [5.74, 6) is -0.0265. The molecule has 1 aromatic heterocycles. The van der Waals surface area contributed by atoms with Gasteiger partial charge in [0.05, 0.1) is 23.9 Å². The summed E-state index contributed by atoms with van der Waals surface area (Å²) in [4.78, 5) is 14.3. The lowest BCUT2D eigenvalue weighted by Gasteiger charge is -2.21. The van der Waals surface area contributed by atoms with E-state index in [0.29, 0.717) is 18.2 Å². The second-order valence-electron chi connectivity index (χ2n) is 4.59. The van der Waals surface area contributed by atoms with Crippen LogP contribution in [0.25, 0.3) is 10.9 Å². The number of aliphatic hydroxyl groups excluding tert-OH is 1. The highest BCUT2D eigenvalue weighted by atomic mass is 16.3. The lowest BCUT2D eigenvalue weighted by Crippen LogP contribution is -2.35. The Bertz CT molecular complexity index is 574. The van der Waals surface area contributed by atoms with E-state index >= 15 is 0 Å². The maximum Gasteiger partial charge on any atom is 0.256 e. The zero-order chi connectivity index (χ0) is 12.5. The van der Waals surface area contributed by atoms with Crippen LogP contribution >= 0.6 is 0 Å². The highest BCUT2D eigenvalue weighted by molar-refractivity contribution is 6.05. The summed E-state index contributed by atoms with van der Waals surface area (Å²) in [7, 11) is 0. The molecule has 1 aliphatic carbocycles. The molecule has 5 heteroatoms. The van der Waals surface area contributed by atoms with Crippen LogP contribution in [0.4, 0.5) is 0 Å². The van der Waals surface area contributed by atoms with Gasteiger partial charge >= 0.3 is 0 Å². The number of amides is 1. The van der Waals surface area contributed by atoms with Crippen molar-refractivity contribution < 1.29 is 9.90 Å². The number of H-pyrrole nitrogens is 1. The molecule has 2 aromatic rings. The maximum absolute atomic E-state index is 12.5. The van der Waals surface area contributed by atoms with Crippen molar-refractivity contribution in [1.29, 1.82) is 0 Å². The molecule has 5 nitrogen and oxygen atoms in total. The summed E-state index contributed by atoms with van der Waals surface area (Å²) < 4.78 is 0. The van der Waals surface area contributed by atoms with E-state index in [9.17, 15) is 4.79 Å². The Labute approximate surface area is 104 Å². The van der Waals surface area contributed by atoms with Gasteiger partial charge in [-0.2, -0.15) is 5.10 Å². The molecule has 2 N–H and O–H groups in total. The molecular formula is C13H15N3O2. The molecule has 1 heterocycles. The molecule has 1 aromatic carbocycles. The van der Waals surface area contributed by atoms with Gasteiger partial charge in [0.15, 0.2) is 0 Å². The summed E-state index contributed by atoms with van der Waals surface area (Å²) in [5.41, 5.74) is 1.40. The Hall–Kier alpha value is -1.88. The highest BCUT2D eigenvalue weighted by Gasteiger charge is 2.33. The molecule has 0 bridgehead atoms. The number of rotatable bonds is 4. The van der Waals surface area contributed by atoms with Crippen LogP contribution in [0.2, 0.25) is 0 Å². The van der Waals surface area contributed by atoms with Gasteiger partial charge in [0.2, 0.25) is 0 Å². The number of hydrogen-bond donors (Lipinski definition) is 2. The summed E-state index contributed by atoms with van der Waals surface area (Å²) in [6, 6.07) is 5.87. The van der Waals surface area contributed by atoms with Gasteiger partial charge in [-0.25, -0.2) is 0 Å². The predicted molar refractivity (Wildman–Crippen MR) is 67.2 cm³/mol. The molecule has 0 atom stereocenters. The Morgan fingerprint density at radius 3 is 3.06 bits per heavy atom. The first-order valence-electron chi connectivity index (χ1n) is 6.15. The molecule has 3 rings (SSSR count). The van der Waals surface area contributed by atoms with Crippen LogP contribution in [0.3, 0.4) is 0 Å². The monoisotopic (exact) mass is 245 g/mol. The van der Waals surface area contributed by atoms with Crippen molar-refractivity contribution in [2.75, 3.05) is 13.2 Å². The minimum atomic E-state index is -0.0265. The molecule has 1 saturated carbocycles. The van der Waals surface area contributed by atoms with Crippen molar-refractivity contribution in [3.8, 4) is 0 Å². The SMILES string of the molecule is O=C(c1cccc2cn[nH]c12)N(CCO)C1CC1. The van der Waals surface area contributed by atoms with Crippen LogP contribution in [0.15, 0.2) is 24.4 Å². The van der Waals surface area contributed by atoms with Gasteiger partial charge in [-0.15, -0.1) is 0 Å². The van der Waals surface area contributed by atoms with E-state index in [1.54, 1.807) is 17.2 Å². The first-order chi connectivity index (χ1) is 8.81. The average molecular weight is 245 g/mol. The zero-order valence-electron chi connectivity index (χ0n) is 9.97. The number of hydrogen-bond acceptors (Lipinski definition) is 3. The van der Waals surface area contributed by atoms with E-state index < -0.39 is 0 Å². The van der Waals surface area contributed by atoms with Crippen LogP contribution in [-0.4, -0.2) is 45.3 Å².